The molecule has 4 heteroatoms. The van der Waals surface area contributed by atoms with Gasteiger partial charge in [0.1, 0.15) is 0 Å². The minimum atomic E-state index is -0.100. The molecule has 0 aromatic heterocycles. The van der Waals surface area contributed by atoms with Gasteiger partial charge in [0, 0.05) is 5.54 Å². The average Bonchev–Trinajstić information content (AvgIpc) is 2.41. The average molecular weight is 287 g/mol. The molecule has 1 atom stereocenters. The van der Waals surface area contributed by atoms with Crippen molar-refractivity contribution >= 4 is 0 Å². The Labute approximate surface area is 126 Å². The molecule has 0 radical (unpaired) electrons. The zero-order chi connectivity index (χ0) is 15.4. The van der Waals surface area contributed by atoms with Gasteiger partial charge in [0.05, 0.1) is 6.61 Å². The highest BCUT2D eigenvalue weighted by molar-refractivity contribution is 4.81. The molecule has 0 aromatic rings. The Morgan fingerprint density at radius 3 is 2.15 bits per heavy atom. The third-order valence-electron chi connectivity index (χ3n) is 3.93. The second-order valence-electron chi connectivity index (χ2n) is 6.30. The molecule has 20 heavy (non-hydrogen) atoms. The SMILES string of the molecule is CCNC(C)(CO)CCCCN(CC)CCCN(C)C. The second-order valence-corrected chi connectivity index (χ2v) is 6.30. The van der Waals surface area contributed by atoms with Crippen LogP contribution >= 0.6 is 0 Å². The molecule has 0 saturated carbocycles. The highest BCUT2D eigenvalue weighted by Gasteiger charge is 2.20. The van der Waals surface area contributed by atoms with E-state index in [0.717, 1.165) is 19.5 Å². The van der Waals surface area contributed by atoms with Gasteiger partial charge in [0.25, 0.3) is 0 Å². The zero-order valence-corrected chi connectivity index (χ0v) is 14.4. The third-order valence-corrected chi connectivity index (χ3v) is 3.93. The molecular formula is C16H37N3O. The van der Waals surface area contributed by atoms with Crippen LogP contribution in [-0.2, 0) is 0 Å². The van der Waals surface area contributed by atoms with Gasteiger partial charge in [-0.2, -0.15) is 0 Å². The van der Waals surface area contributed by atoms with Crippen molar-refractivity contribution in [3.05, 3.63) is 0 Å². The van der Waals surface area contributed by atoms with E-state index in [9.17, 15) is 5.11 Å². The minimum Gasteiger partial charge on any atom is -0.394 e. The molecule has 0 bridgehead atoms. The number of unbranched alkanes of at least 4 members (excludes halogenated alkanes) is 1. The maximum atomic E-state index is 9.46. The van der Waals surface area contributed by atoms with Gasteiger partial charge in [0.2, 0.25) is 0 Å². The van der Waals surface area contributed by atoms with Crippen molar-refractivity contribution in [1.29, 1.82) is 0 Å². The Balaban J connectivity index is 3.78. The van der Waals surface area contributed by atoms with Gasteiger partial charge in [-0.05, 0) is 73.0 Å². The van der Waals surface area contributed by atoms with Crippen LogP contribution in [0.4, 0.5) is 0 Å². The summed E-state index contributed by atoms with van der Waals surface area (Å²) in [5.41, 5.74) is -0.100. The summed E-state index contributed by atoms with van der Waals surface area (Å²) in [7, 11) is 4.26. The quantitative estimate of drug-likeness (QED) is 0.507. The summed E-state index contributed by atoms with van der Waals surface area (Å²) in [5, 5.41) is 12.9. The van der Waals surface area contributed by atoms with E-state index in [2.05, 4.69) is 50.0 Å². The molecular weight excluding hydrogens is 250 g/mol. The first-order valence-electron chi connectivity index (χ1n) is 8.20. The lowest BCUT2D eigenvalue weighted by Gasteiger charge is -2.29. The summed E-state index contributed by atoms with van der Waals surface area (Å²) in [6.45, 7) is 12.3. The molecule has 0 heterocycles. The van der Waals surface area contributed by atoms with E-state index < -0.39 is 0 Å². The molecule has 1 unspecified atom stereocenters. The van der Waals surface area contributed by atoms with E-state index in [4.69, 9.17) is 0 Å². The number of nitrogens with zero attached hydrogens (tertiary/aromatic N) is 2. The van der Waals surface area contributed by atoms with Crippen LogP contribution in [0, 0.1) is 0 Å². The predicted molar refractivity (Wildman–Crippen MR) is 88.3 cm³/mol. The normalized spacial score (nSPS) is 15.0. The smallest absolute Gasteiger partial charge is 0.0610 e. The second kappa shape index (κ2) is 11.5. The van der Waals surface area contributed by atoms with E-state index in [1.807, 2.05) is 0 Å². The van der Waals surface area contributed by atoms with E-state index in [0.29, 0.717) is 0 Å². The number of aliphatic hydroxyl groups is 1. The van der Waals surface area contributed by atoms with Crippen LogP contribution in [0.15, 0.2) is 0 Å². The molecule has 2 N–H and O–H groups in total. The lowest BCUT2D eigenvalue weighted by molar-refractivity contribution is 0.162. The molecule has 0 fully saturated rings. The molecule has 0 amide bonds. The van der Waals surface area contributed by atoms with E-state index >= 15 is 0 Å². The van der Waals surface area contributed by atoms with Gasteiger partial charge < -0.3 is 20.2 Å². The van der Waals surface area contributed by atoms with Crippen LogP contribution in [0.3, 0.4) is 0 Å². The van der Waals surface area contributed by atoms with Gasteiger partial charge in [-0.1, -0.05) is 20.3 Å². The first-order chi connectivity index (χ1) is 9.47. The van der Waals surface area contributed by atoms with E-state index in [1.165, 1.54) is 38.9 Å². The fraction of sp³-hybridized carbons (Fsp3) is 1.00. The number of hydrogen-bond acceptors (Lipinski definition) is 4. The number of likely N-dealkylation sites (N-methyl/N-ethyl adjacent to an activating group) is 1. The monoisotopic (exact) mass is 287 g/mol. The van der Waals surface area contributed by atoms with Gasteiger partial charge in [-0.15, -0.1) is 0 Å². The largest absolute Gasteiger partial charge is 0.394 e. The van der Waals surface area contributed by atoms with Crippen molar-refractivity contribution in [2.45, 2.75) is 52.0 Å². The summed E-state index contributed by atoms with van der Waals surface area (Å²) in [4.78, 5) is 4.78. The molecule has 4 nitrogen and oxygen atoms in total. The van der Waals surface area contributed by atoms with Gasteiger partial charge >= 0.3 is 0 Å². The summed E-state index contributed by atoms with van der Waals surface area (Å²) < 4.78 is 0. The molecule has 0 saturated heterocycles. The predicted octanol–water partition coefficient (Wildman–Crippen LogP) is 1.79. The lowest BCUT2D eigenvalue weighted by atomic mass is 9.95. The first-order valence-corrected chi connectivity index (χ1v) is 8.20. The van der Waals surface area contributed by atoms with Crippen LogP contribution in [0.2, 0.25) is 0 Å². The summed E-state index contributed by atoms with van der Waals surface area (Å²) in [6.07, 6.45) is 4.68. The Morgan fingerprint density at radius 2 is 1.65 bits per heavy atom. The fourth-order valence-electron chi connectivity index (χ4n) is 2.54. The summed E-state index contributed by atoms with van der Waals surface area (Å²) in [5.74, 6) is 0. The van der Waals surface area contributed by atoms with Crippen LogP contribution < -0.4 is 5.32 Å². The molecule has 0 aromatic carbocycles. The Kier molecular flexibility index (Phi) is 11.4. The molecule has 0 aliphatic rings. The molecule has 0 aliphatic heterocycles. The molecule has 0 aliphatic carbocycles. The lowest BCUT2D eigenvalue weighted by Crippen LogP contribution is -2.45. The van der Waals surface area contributed by atoms with E-state index in [-0.39, 0.29) is 12.1 Å². The number of aliphatic hydroxyl groups excluding tert-OH is 1. The van der Waals surface area contributed by atoms with E-state index in [1.54, 1.807) is 0 Å². The Morgan fingerprint density at radius 1 is 1.00 bits per heavy atom. The third kappa shape index (κ3) is 9.70. The maximum Gasteiger partial charge on any atom is 0.0610 e. The van der Waals surface area contributed by atoms with Crippen molar-refractivity contribution in [2.24, 2.45) is 0 Å². The fourth-order valence-corrected chi connectivity index (χ4v) is 2.54. The summed E-state index contributed by atoms with van der Waals surface area (Å²) >= 11 is 0. The number of nitrogens with one attached hydrogen (secondary N) is 1. The first kappa shape index (κ1) is 19.8. The Bertz CT molecular complexity index is 224. The number of hydrogen-bond donors (Lipinski definition) is 2. The maximum absolute atomic E-state index is 9.46. The van der Waals surface area contributed by atoms with Crippen LogP contribution in [0.5, 0.6) is 0 Å². The minimum absolute atomic E-state index is 0.100. The summed E-state index contributed by atoms with van der Waals surface area (Å²) in [6, 6.07) is 0. The van der Waals surface area contributed by atoms with Crippen LogP contribution in [-0.4, -0.2) is 73.9 Å². The van der Waals surface area contributed by atoms with Gasteiger partial charge in [0.15, 0.2) is 0 Å². The molecule has 0 rings (SSSR count). The standard InChI is InChI=1S/C16H37N3O/c1-6-17-16(3,15-20)11-8-9-13-19(7-2)14-10-12-18(4)5/h17,20H,6-15H2,1-5H3. The zero-order valence-electron chi connectivity index (χ0n) is 14.4. The van der Waals surface area contributed by atoms with Gasteiger partial charge in [-0.3, -0.25) is 0 Å². The van der Waals surface area contributed by atoms with Crippen LogP contribution in [0.25, 0.3) is 0 Å². The highest BCUT2D eigenvalue weighted by Crippen LogP contribution is 2.13. The number of rotatable bonds is 13. The van der Waals surface area contributed by atoms with Crippen molar-refractivity contribution in [3.63, 3.8) is 0 Å². The molecule has 0 spiro atoms. The highest BCUT2D eigenvalue weighted by atomic mass is 16.3. The van der Waals surface area contributed by atoms with Crippen molar-refractivity contribution < 1.29 is 5.11 Å². The van der Waals surface area contributed by atoms with Crippen molar-refractivity contribution in [2.75, 3.05) is 53.4 Å². The van der Waals surface area contributed by atoms with Crippen molar-refractivity contribution in [3.8, 4) is 0 Å². The van der Waals surface area contributed by atoms with Gasteiger partial charge in [-0.25, -0.2) is 0 Å². The molecule has 122 valence electrons. The van der Waals surface area contributed by atoms with Crippen LogP contribution in [0.1, 0.15) is 46.5 Å². The topological polar surface area (TPSA) is 38.7 Å². The van der Waals surface area contributed by atoms with Crippen molar-refractivity contribution in [1.82, 2.24) is 15.1 Å². The Hall–Kier alpha value is -0.160.